The lowest BCUT2D eigenvalue weighted by molar-refractivity contribution is 0.102. The molecule has 0 aliphatic heterocycles. The zero-order valence-corrected chi connectivity index (χ0v) is 10.9. The summed E-state index contributed by atoms with van der Waals surface area (Å²) < 4.78 is 0. The topological polar surface area (TPSA) is 66.9 Å². The summed E-state index contributed by atoms with van der Waals surface area (Å²) in [6, 6.07) is 12.9. The summed E-state index contributed by atoms with van der Waals surface area (Å²) in [6.45, 7) is 4.02. The summed E-state index contributed by atoms with van der Waals surface area (Å²) in [4.78, 5) is 11.9. The van der Waals surface area contributed by atoms with Crippen molar-refractivity contribution >= 4 is 17.4 Å². The Balaban J connectivity index is 2.04. The molecular weight excluding hydrogens is 240 g/mol. The van der Waals surface area contributed by atoms with Crippen molar-refractivity contribution in [2.24, 2.45) is 0 Å². The monoisotopic (exact) mass is 256 g/mol. The smallest absolute Gasteiger partial charge is 0.276 e. The Hall–Kier alpha value is -2.43. The summed E-state index contributed by atoms with van der Waals surface area (Å²) >= 11 is 0. The normalized spacial score (nSPS) is 10.3. The molecular formula is C14H16N4O. The van der Waals surface area contributed by atoms with Crippen LogP contribution in [-0.2, 0) is 0 Å². The molecule has 0 aliphatic carbocycles. The standard InChI is InChI=1S/C14H16N4O/c1-10(2)15-13-9-8-12(17-18-13)14(19)16-11-6-4-3-5-7-11/h3-10H,1-2H3,(H,15,18)(H,16,19). The third-order valence-corrected chi connectivity index (χ3v) is 2.37. The maximum absolute atomic E-state index is 11.9. The van der Waals surface area contributed by atoms with Crippen LogP contribution in [0.1, 0.15) is 24.3 Å². The van der Waals surface area contributed by atoms with Crippen LogP contribution in [0.2, 0.25) is 0 Å². The van der Waals surface area contributed by atoms with E-state index in [1.165, 1.54) is 0 Å². The van der Waals surface area contributed by atoms with Crippen LogP contribution in [0.15, 0.2) is 42.5 Å². The number of aromatic nitrogens is 2. The van der Waals surface area contributed by atoms with E-state index in [1.54, 1.807) is 12.1 Å². The van der Waals surface area contributed by atoms with Gasteiger partial charge in [-0.05, 0) is 38.1 Å². The second-order valence-electron chi connectivity index (χ2n) is 4.42. The Morgan fingerprint density at radius 1 is 1.05 bits per heavy atom. The molecule has 0 radical (unpaired) electrons. The number of anilines is 2. The van der Waals surface area contributed by atoms with Gasteiger partial charge in [-0.3, -0.25) is 4.79 Å². The number of para-hydroxylation sites is 1. The first-order valence-corrected chi connectivity index (χ1v) is 6.12. The zero-order chi connectivity index (χ0) is 13.7. The summed E-state index contributed by atoms with van der Waals surface area (Å²) in [5, 5.41) is 13.7. The van der Waals surface area contributed by atoms with Gasteiger partial charge in [0.2, 0.25) is 0 Å². The van der Waals surface area contributed by atoms with Gasteiger partial charge in [-0.25, -0.2) is 0 Å². The van der Waals surface area contributed by atoms with Crippen LogP contribution >= 0.6 is 0 Å². The highest BCUT2D eigenvalue weighted by molar-refractivity contribution is 6.02. The van der Waals surface area contributed by atoms with Gasteiger partial charge in [-0.15, -0.1) is 10.2 Å². The van der Waals surface area contributed by atoms with Crippen LogP contribution in [0, 0.1) is 0 Å². The first-order chi connectivity index (χ1) is 9.15. The summed E-state index contributed by atoms with van der Waals surface area (Å²) in [7, 11) is 0. The number of carbonyl (C=O) groups is 1. The molecule has 2 N–H and O–H groups in total. The summed E-state index contributed by atoms with van der Waals surface area (Å²) in [6.07, 6.45) is 0. The second-order valence-corrected chi connectivity index (χ2v) is 4.42. The Morgan fingerprint density at radius 3 is 2.37 bits per heavy atom. The van der Waals surface area contributed by atoms with Gasteiger partial charge in [0.25, 0.3) is 5.91 Å². The molecule has 2 aromatic rings. The molecule has 0 atom stereocenters. The molecule has 0 unspecified atom stereocenters. The average Bonchev–Trinajstić information content (AvgIpc) is 2.40. The average molecular weight is 256 g/mol. The highest BCUT2D eigenvalue weighted by Crippen LogP contribution is 2.08. The number of nitrogens with one attached hydrogen (secondary N) is 2. The molecule has 0 aliphatic rings. The van der Waals surface area contributed by atoms with Crippen molar-refractivity contribution in [3.63, 3.8) is 0 Å². The fourth-order valence-corrected chi connectivity index (χ4v) is 1.54. The lowest BCUT2D eigenvalue weighted by Gasteiger charge is -2.08. The molecule has 5 heteroatoms. The van der Waals surface area contributed by atoms with Crippen molar-refractivity contribution in [3.05, 3.63) is 48.2 Å². The highest BCUT2D eigenvalue weighted by Gasteiger charge is 2.08. The van der Waals surface area contributed by atoms with Crippen LogP contribution in [-0.4, -0.2) is 22.1 Å². The molecule has 0 saturated heterocycles. The molecule has 19 heavy (non-hydrogen) atoms. The first-order valence-electron chi connectivity index (χ1n) is 6.12. The van der Waals surface area contributed by atoms with Crippen molar-refractivity contribution in [3.8, 4) is 0 Å². The SMILES string of the molecule is CC(C)Nc1ccc(C(=O)Nc2ccccc2)nn1. The zero-order valence-electron chi connectivity index (χ0n) is 10.9. The Labute approximate surface area is 112 Å². The van der Waals surface area contributed by atoms with E-state index < -0.39 is 0 Å². The fraction of sp³-hybridized carbons (Fsp3) is 0.214. The van der Waals surface area contributed by atoms with Crippen LogP contribution in [0.5, 0.6) is 0 Å². The molecule has 1 heterocycles. The van der Waals surface area contributed by atoms with Crippen molar-refractivity contribution in [1.29, 1.82) is 0 Å². The van der Waals surface area contributed by atoms with Crippen LogP contribution < -0.4 is 10.6 Å². The van der Waals surface area contributed by atoms with Crippen LogP contribution in [0.25, 0.3) is 0 Å². The Morgan fingerprint density at radius 2 is 1.79 bits per heavy atom. The lowest BCUT2D eigenvalue weighted by atomic mass is 10.3. The molecule has 0 spiro atoms. The third kappa shape index (κ3) is 3.77. The van der Waals surface area contributed by atoms with Crippen molar-refractivity contribution in [1.82, 2.24) is 10.2 Å². The Bertz CT molecular complexity index is 537. The van der Waals surface area contributed by atoms with Crippen LogP contribution in [0.3, 0.4) is 0 Å². The largest absolute Gasteiger partial charge is 0.366 e. The maximum atomic E-state index is 11.9. The van der Waals surface area contributed by atoms with Gasteiger partial charge in [0, 0.05) is 11.7 Å². The van der Waals surface area contributed by atoms with Gasteiger partial charge in [0.1, 0.15) is 5.82 Å². The van der Waals surface area contributed by atoms with E-state index in [0.717, 1.165) is 5.69 Å². The summed E-state index contributed by atoms with van der Waals surface area (Å²) in [5.74, 6) is 0.390. The molecule has 2 rings (SSSR count). The maximum Gasteiger partial charge on any atom is 0.276 e. The first kappa shape index (κ1) is 13.0. The molecule has 98 valence electrons. The van der Waals surface area contributed by atoms with Crippen molar-refractivity contribution in [2.75, 3.05) is 10.6 Å². The number of hydrogen-bond donors (Lipinski definition) is 2. The number of nitrogens with zero attached hydrogens (tertiary/aromatic N) is 2. The molecule has 1 aromatic carbocycles. The van der Waals surface area contributed by atoms with E-state index in [4.69, 9.17) is 0 Å². The fourth-order valence-electron chi connectivity index (χ4n) is 1.54. The van der Waals surface area contributed by atoms with E-state index in [-0.39, 0.29) is 17.6 Å². The van der Waals surface area contributed by atoms with E-state index in [1.807, 2.05) is 44.2 Å². The highest BCUT2D eigenvalue weighted by atomic mass is 16.1. The van der Waals surface area contributed by atoms with Gasteiger partial charge in [-0.2, -0.15) is 0 Å². The number of benzene rings is 1. The van der Waals surface area contributed by atoms with Gasteiger partial charge < -0.3 is 10.6 Å². The minimum Gasteiger partial charge on any atom is -0.366 e. The molecule has 1 amide bonds. The minimum atomic E-state index is -0.269. The predicted molar refractivity (Wildman–Crippen MR) is 75.2 cm³/mol. The molecule has 1 aromatic heterocycles. The van der Waals surface area contributed by atoms with Gasteiger partial charge in [-0.1, -0.05) is 18.2 Å². The van der Waals surface area contributed by atoms with E-state index >= 15 is 0 Å². The quantitative estimate of drug-likeness (QED) is 0.882. The number of rotatable bonds is 4. The van der Waals surface area contributed by atoms with Crippen molar-refractivity contribution in [2.45, 2.75) is 19.9 Å². The molecule has 0 fully saturated rings. The lowest BCUT2D eigenvalue weighted by Crippen LogP contribution is -2.16. The molecule has 5 nitrogen and oxygen atoms in total. The van der Waals surface area contributed by atoms with Gasteiger partial charge in [0.15, 0.2) is 5.69 Å². The van der Waals surface area contributed by atoms with Gasteiger partial charge in [0.05, 0.1) is 0 Å². The molecule has 0 saturated carbocycles. The Kier molecular flexibility index (Phi) is 4.07. The van der Waals surface area contributed by atoms with E-state index in [9.17, 15) is 4.79 Å². The number of carbonyl (C=O) groups excluding carboxylic acids is 1. The molecule has 0 bridgehead atoms. The second kappa shape index (κ2) is 5.95. The number of hydrogen-bond acceptors (Lipinski definition) is 4. The van der Waals surface area contributed by atoms with Crippen LogP contribution in [0.4, 0.5) is 11.5 Å². The predicted octanol–water partition coefficient (Wildman–Crippen LogP) is 2.55. The van der Waals surface area contributed by atoms with E-state index in [2.05, 4.69) is 20.8 Å². The van der Waals surface area contributed by atoms with Gasteiger partial charge >= 0.3 is 0 Å². The van der Waals surface area contributed by atoms with E-state index in [0.29, 0.717) is 5.82 Å². The summed E-state index contributed by atoms with van der Waals surface area (Å²) in [5.41, 5.74) is 1.02. The minimum absolute atomic E-state index is 0.269. The number of amides is 1. The van der Waals surface area contributed by atoms with Crippen molar-refractivity contribution < 1.29 is 4.79 Å². The third-order valence-electron chi connectivity index (χ3n) is 2.37.